The molecular formula is C21H25N5OS. The van der Waals surface area contributed by atoms with Crippen LogP contribution < -0.4 is 10.6 Å². The second kappa shape index (κ2) is 8.67. The van der Waals surface area contributed by atoms with Crippen molar-refractivity contribution in [1.82, 2.24) is 25.4 Å². The molecule has 146 valence electrons. The smallest absolute Gasteiger partial charge is 0.272 e. The van der Waals surface area contributed by atoms with Crippen molar-refractivity contribution in [2.24, 2.45) is 0 Å². The van der Waals surface area contributed by atoms with Crippen LogP contribution in [0.25, 0.3) is 0 Å². The Labute approximate surface area is 169 Å². The molecule has 1 aliphatic carbocycles. The molecule has 1 amide bonds. The molecule has 28 heavy (non-hydrogen) atoms. The second-order valence-electron chi connectivity index (χ2n) is 7.03. The third-order valence-electron chi connectivity index (χ3n) is 5.21. The summed E-state index contributed by atoms with van der Waals surface area (Å²) in [4.78, 5) is 18.2. The molecule has 0 fully saturated rings. The van der Waals surface area contributed by atoms with E-state index in [1.807, 2.05) is 16.8 Å². The van der Waals surface area contributed by atoms with E-state index >= 15 is 0 Å². The minimum Gasteiger partial charge on any atom is -0.347 e. The number of nitrogens with zero attached hydrogens (tertiary/aromatic N) is 3. The number of aryl methyl sites for hydroxylation is 1. The molecule has 0 saturated heterocycles. The third kappa shape index (κ3) is 4.15. The van der Waals surface area contributed by atoms with Crippen LogP contribution in [0.3, 0.4) is 0 Å². The summed E-state index contributed by atoms with van der Waals surface area (Å²) in [7, 11) is 0. The number of carbonyl (C=O) groups is 1. The molecule has 7 heteroatoms. The first-order chi connectivity index (χ1) is 13.7. The zero-order valence-corrected chi connectivity index (χ0v) is 16.8. The summed E-state index contributed by atoms with van der Waals surface area (Å²) in [5.41, 5.74) is 3.92. The molecule has 0 radical (unpaired) electrons. The van der Waals surface area contributed by atoms with Crippen molar-refractivity contribution in [3.63, 3.8) is 0 Å². The highest BCUT2D eigenvalue weighted by molar-refractivity contribution is 7.09. The number of rotatable bonds is 7. The van der Waals surface area contributed by atoms with Crippen LogP contribution in [0.5, 0.6) is 0 Å². The maximum absolute atomic E-state index is 12.8. The summed E-state index contributed by atoms with van der Waals surface area (Å²) in [6.45, 7) is 4.22. The minimum atomic E-state index is -0.0980. The standard InChI is InChI=1S/C21H25N5OS/c1-2-26-19-6-5-16(23-14-17-4-3-11-28-17)12-18(19)20(25-26)21(27)24-13-15-7-9-22-10-8-15/h3-4,7-11,16,23H,2,5-6,12-14H2,1H3,(H,24,27). The number of fused-ring (bicyclic) bond motifs is 1. The number of thiophene rings is 1. The predicted molar refractivity (Wildman–Crippen MR) is 110 cm³/mol. The lowest BCUT2D eigenvalue weighted by atomic mass is 9.91. The fourth-order valence-corrected chi connectivity index (χ4v) is 4.39. The van der Waals surface area contributed by atoms with E-state index in [1.165, 1.54) is 10.6 Å². The van der Waals surface area contributed by atoms with Gasteiger partial charge in [-0.15, -0.1) is 11.3 Å². The Kier molecular flexibility index (Phi) is 5.83. The quantitative estimate of drug-likeness (QED) is 0.645. The van der Waals surface area contributed by atoms with Crippen LogP contribution in [0.15, 0.2) is 42.0 Å². The molecule has 3 aromatic rings. The Bertz CT molecular complexity index is 920. The molecule has 2 N–H and O–H groups in total. The first-order valence-corrected chi connectivity index (χ1v) is 10.6. The van der Waals surface area contributed by atoms with Crippen LogP contribution in [0.1, 0.15) is 45.5 Å². The summed E-state index contributed by atoms with van der Waals surface area (Å²) >= 11 is 1.77. The molecule has 0 saturated carbocycles. The van der Waals surface area contributed by atoms with Gasteiger partial charge in [-0.1, -0.05) is 6.07 Å². The summed E-state index contributed by atoms with van der Waals surface area (Å²) in [6, 6.07) is 8.42. The van der Waals surface area contributed by atoms with E-state index in [0.29, 0.717) is 18.3 Å². The molecule has 1 unspecified atom stereocenters. The summed E-state index contributed by atoms with van der Waals surface area (Å²) in [5.74, 6) is -0.0980. The highest BCUT2D eigenvalue weighted by Gasteiger charge is 2.28. The largest absolute Gasteiger partial charge is 0.347 e. The SMILES string of the molecule is CCn1nc(C(=O)NCc2ccncc2)c2c1CCC(NCc1cccs1)C2. The molecule has 0 spiro atoms. The van der Waals surface area contributed by atoms with Gasteiger partial charge in [-0.3, -0.25) is 14.5 Å². The maximum Gasteiger partial charge on any atom is 0.272 e. The van der Waals surface area contributed by atoms with Gasteiger partial charge in [0.15, 0.2) is 5.69 Å². The van der Waals surface area contributed by atoms with Crippen LogP contribution in [0.2, 0.25) is 0 Å². The van der Waals surface area contributed by atoms with Gasteiger partial charge in [0.05, 0.1) is 0 Å². The van der Waals surface area contributed by atoms with Crippen molar-refractivity contribution in [2.75, 3.05) is 0 Å². The Balaban J connectivity index is 1.46. The topological polar surface area (TPSA) is 71.8 Å². The van der Waals surface area contributed by atoms with Crippen molar-refractivity contribution < 1.29 is 4.79 Å². The number of amides is 1. The number of nitrogens with one attached hydrogen (secondary N) is 2. The van der Waals surface area contributed by atoms with E-state index < -0.39 is 0 Å². The molecule has 0 aromatic carbocycles. The molecule has 6 nitrogen and oxygen atoms in total. The lowest BCUT2D eigenvalue weighted by Crippen LogP contribution is -2.35. The zero-order valence-electron chi connectivity index (χ0n) is 16.0. The monoisotopic (exact) mass is 395 g/mol. The number of pyridine rings is 1. The van der Waals surface area contributed by atoms with Crippen LogP contribution in [0.4, 0.5) is 0 Å². The summed E-state index contributed by atoms with van der Waals surface area (Å²) in [6.07, 6.45) is 6.34. The number of aromatic nitrogens is 3. The average molecular weight is 396 g/mol. The average Bonchev–Trinajstić information content (AvgIpc) is 3.38. The molecule has 3 aromatic heterocycles. The van der Waals surface area contributed by atoms with E-state index in [2.05, 4.69) is 45.2 Å². The van der Waals surface area contributed by atoms with Crippen LogP contribution >= 0.6 is 11.3 Å². The van der Waals surface area contributed by atoms with Crippen LogP contribution in [0, 0.1) is 0 Å². The molecular weight excluding hydrogens is 370 g/mol. The van der Waals surface area contributed by atoms with E-state index in [-0.39, 0.29) is 5.91 Å². The fraction of sp³-hybridized carbons (Fsp3) is 0.381. The lowest BCUT2D eigenvalue weighted by molar-refractivity contribution is 0.0944. The number of hydrogen-bond acceptors (Lipinski definition) is 5. The van der Waals surface area contributed by atoms with Crippen molar-refractivity contribution in [2.45, 2.75) is 51.9 Å². The first-order valence-electron chi connectivity index (χ1n) is 9.76. The molecule has 1 aliphatic rings. The maximum atomic E-state index is 12.8. The van der Waals surface area contributed by atoms with Gasteiger partial charge in [0.1, 0.15) is 0 Å². The number of hydrogen-bond donors (Lipinski definition) is 2. The van der Waals surface area contributed by atoms with Crippen molar-refractivity contribution in [1.29, 1.82) is 0 Å². The Morgan fingerprint density at radius 3 is 2.89 bits per heavy atom. The predicted octanol–water partition coefficient (Wildman–Crippen LogP) is 2.94. The van der Waals surface area contributed by atoms with Gasteiger partial charge in [0, 0.05) is 54.2 Å². The van der Waals surface area contributed by atoms with Gasteiger partial charge in [-0.25, -0.2) is 0 Å². The van der Waals surface area contributed by atoms with Gasteiger partial charge >= 0.3 is 0 Å². The van der Waals surface area contributed by atoms with E-state index in [4.69, 9.17) is 0 Å². The minimum absolute atomic E-state index is 0.0980. The van der Waals surface area contributed by atoms with Gasteiger partial charge < -0.3 is 10.6 Å². The Hall–Kier alpha value is -2.51. The fourth-order valence-electron chi connectivity index (χ4n) is 3.73. The van der Waals surface area contributed by atoms with Crippen molar-refractivity contribution in [3.05, 3.63) is 69.4 Å². The third-order valence-corrected chi connectivity index (χ3v) is 6.09. The highest BCUT2D eigenvalue weighted by atomic mass is 32.1. The number of carbonyl (C=O) groups excluding carboxylic acids is 1. The van der Waals surface area contributed by atoms with E-state index in [0.717, 1.165) is 43.5 Å². The molecule has 1 atom stereocenters. The molecule has 0 bridgehead atoms. The second-order valence-corrected chi connectivity index (χ2v) is 8.06. The Morgan fingerprint density at radius 2 is 2.14 bits per heavy atom. The zero-order chi connectivity index (χ0) is 19.3. The van der Waals surface area contributed by atoms with E-state index in [1.54, 1.807) is 23.7 Å². The molecule has 4 rings (SSSR count). The summed E-state index contributed by atoms with van der Waals surface area (Å²) in [5, 5.41) is 13.4. The highest BCUT2D eigenvalue weighted by Crippen LogP contribution is 2.25. The Morgan fingerprint density at radius 1 is 1.29 bits per heavy atom. The summed E-state index contributed by atoms with van der Waals surface area (Å²) < 4.78 is 1.99. The van der Waals surface area contributed by atoms with Crippen LogP contribution in [-0.4, -0.2) is 26.7 Å². The van der Waals surface area contributed by atoms with Crippen molar-refractivity contribution >= 4 is 17.2 Å². The van der Waals surface area contributed by atoms with Gasteiger partial charge in [0.25, 0.3) is 5.91 Å². The lowest BCUT2D eigenvalue weighted by Gasteiger charge is -2.24. The van der Waals surface area contributed by atoms with Crippen LogP contribution in [-0.2, 0) is 32.5 Å². The first kappa shape index (κ1) is 18.8. The van der Waals surface area contributed by atoms with Crippen molar-refractivity contribution in [3.8, 4) is 0 Å². The van der Waals surface area contributed by atoms with Gasteiger partial charge in [-0.05, 0) is 55.3 Å². The van der Waals surface area contributed by atoms with Gasteiger partial charge in [0.2, 0.25) is 0 Å². The van der Waals surface area contributed by atoms with Gasteiger partial charge in [-0.2, -0.15) is 5.10 Å². The van der Waals surface area contributed by atoms with E-state index in [9.17, 15) is 4.79 Å². The normalized spacial score (nSPS) is 16.0. The molecule has 3 heterocycles. The molecule has 0 aliphatic heterocycles.